The molecule has 0 radical (unpaired) electrons. The van der Waals surface area contributed by atoms with Crippen LogP contribution in [0.2, 0.25) is 0 Å². The molecule has 6 heteroatoms. The number of para-hydroxylation sites is 1. The second-order valence-electron chi connectivity index (χ2n) is 5.50. The lowest BCUT2D eigenvalue weighted by Crippen LogP contribution is -2.33. The smallest absolute Gasteiger partial charge is 0.237 e. The van der Waals surface area contributed by atoms with Gasteiger partial charge in [0.15, 0.2) is 5.75 Å². The van der Waals surface area contributed by atoms with Crippen LogP contribution in [-0.2, 0) is 10.0 Å². The first-order valence-corrected chi connectivity index (χ1v) is 7.97. The summed E-state index contributed by atoms with van der Waals surface area (Å²) in [6, 6.07) is 10.7. The van der Waals surface area contributed by atoms with Crippen LogP contribution in [0.15, 0.2) is 48.8 Å². The Balaban J connectivity index is 2.30. The van der Waals surface area contributed by atoms with E-state index in [1.165, 1.54) is 12.4 Å². The molecule has 2 aromatic rings. The number of nitrogens with one attached hydrogen (secondary N) is 1. The molecule has 5 nitrogen and oxygen atoms in total. The van der Waals surface area contributed by atoms with Crippen molar-refractivity contribution in [3.8, 4) is 11.5 Å². The predicted molar refractivity (Wildman–Crippen MR) is 83.0 cm³/mol. The Morgan fingerprint density at radius 1 is 1.10 bits per heavy atom. The number of hydrogen-bond donors (Lipinski definition) is 1. The molecule has 0 saturated carbocycles. The van der Waals surface area contributed by atoms with E-state index in [0.29, 0.717) is 17.2 Å². The highest BCUT2D eigenvalue weighted by Crippen LogP contribution is 2.30. The van der Waals surface area contributed by atoms with Gasteiger partial charge in [0.25, 0.3) is 0 Å². The number of sulfonamides is 1. The maximum absolute atomic E-state index is 12.2. The average molecular weight is 306 g/mol. The highest BCUT2D eigenvalue weighted by Gasteiger charge is 2.29. The second kappa shape index (κ2) is 5.73. The molecule has 1 N–H and O–H groups in total. The fourth-order valence-corrected chi connectivity index (χ4v) is 2.22. The van der Waals surface area contributed by atoms with Gasteiger partial charge in [-0.25, -0.2) is 8.42 Å². The Bertz CT molecular complexity index is 707. The Morgan fingerprint density at radius 3 is 2.38 bits per heavy atom. The van der Waals surface area contributed by atoms with Crippen LogP contribution >= 0.6 is 0 Å². The van der Waals surface area contributed by atoms with E-state index in [4.69, 9.17) is 4.74 Å². The molecule has 1 aromatic carbocycles. The number of ether oxygens (including phenoxy) is 1. The normalized spacial score (nSPS) is 12.0. The lowest BCUT2D eigenvalue weighted by Gasteiger charge is -2.21. The number of nitrogens with zero attached hydrogens (tertiary/aromatic N) is 1. The van der Waals surface area contributed by atoms with E-state index in [2.05, 4.69) is 9.71 Å². The van der Waals surface area contributed by atoms with Gasteiger partial charge in [-0.3, -0.25) is 9.71 Å². The fraction of sp³-hybridized carbons (Fsp3) is 0.267. The van der Waals surface area contributed by atoms with Crippen LogP contribution in [0.4, 0.5) is 5.69 Å². The summed E-state index contributed by atoms with van der Waals surface area (Å²) in [4.78, 5) is 3.97. The van der Waals surface area contributed by atoms with E-state index >= 15 is 0 Å². The SMILES string of the molecule is CC(C)(C)S(=O)(=O)Nc1ccncc1Oc1ccccc1. The molecule has 0 fully saturated rings. The summed E-state index contributed by atoms with van der Waals surface area (Å²) < 4.78 is 31.8. The van der Waals surface area contributed by atoms with E-state index in [1.807, 2.05) is 18.2 Å². The Morgan fingerprint density at radius 2 is 1.76 bits per heavy atom. The van der Waals surface area contributed by atoms with Crippen molar-refractivity contribution in [2.24, 2.45) is 0 Å². The van der Waals surface area contributed by atoms with Crippen molar-refractivity contribution >= 4 is 15.7 Å². The van der Waals surface area contributed by atoms with Gasteiger partial charge in [0, 0.05) is 6.20 Å². The van der Waals surface area contributed by atoms with Crippen molar-refractivity contribution in [3.63, 3.8) is 0 Å². The maximum atomic E-state index is 12.2. The molecule has 0 spiro atoms. The first kappa shape index (κ1) is 15.3. The molecule has 1 aromatic heterocycles. The van der Waals surface area contributed by atoms with E-state index < -0.39 is 14.8 Å². The lowest BCUT2D eigenvalue weighted by molar-refractivity contribution is 0.482. The van der Waals surface area contributed by atoms with Gasteiger partial charge >= 0.3 is 0 Å². The molecule has 2 rings (SSSR count). The van der Waals surface area contributed by atoms with Crippen molar-refractivity contribution < 1.29 is 13.2 Å². The van der Waals surface area contributed by atoms with Crippen LogP contribution in [-0.4, -0.2) is 18.1 Å². The minimum atomic E-state index is -3.52. The van der Waals surface area contributed by atoms with Gasteiger partial charge in [-0.05, 0) is 39.0 Å². The topological polar surface area (TPSA) is 68.3 Å². The molecular formula is C15H18N2O3S. The zero-order chi connectivity index (χ0) is 15.5. The van der Waals surface area contributed by atoms with Gasteiger partial charge in [0.05, 0.1) is 16.6 Å². The second-order valence-corrected chi connectivity index (χ2v) is 7.94. The number of pyridine rings is 1. The first-order valence-electron chi connectivity index (χ1n) is 6.49. The zero-order valence-corrected chi connectivity index (χ0v) is 13.0. The summed E-state index contributed by atoms with van der Waals surface area (Å²) in [5, 5.41) is 0. The lowest BCUT2D eigenvalue weighted by atomic mass is 10.3. The zero-order valence-electron chi connectivity index (χ0n) is 12.2. The quantitative estimate of drug-likeness (QED) is 0.940. The third-order valence-corrected chi connectivity index (χ3v) is 4.91. The van der Waals surface area contributed by atoms with Crippen LogP contribution in [0.1, 0.15) is 20.8 Å². The van der Waals surface area contributed by atoms with Gasteiger partial charge in [-0.2, -0.15) is 0 Å². The first-order chi connectivity index (χ1) is 9.79. The van der Waals surface area contributed by atoms with Crippen LogP contribution in [0.5, 0.6) is 11.5 Å². The molecule has 0 unspecified atom stereocenters. The van der Waals surface area contributed by atoms with Crippen molar-refractivity contribution in [2.75, 3.05) is 4.72 Å². The van der Waals surface area contributed by atoms with Crippen molar-refractivity contribution in [3.05, 3.63) is 48.8 Å². The van der Waals surface area contributed by atoms with E-state index in [9.17, 15) is 8.42 Å². The van der Waals surface area contributed by atoms with E-state index in [-0.39, 0.29) is 0 Å². The fourth-order valence-electron chi connectivity index (χ4n) is 1.46. The van der Waals surface area contributed by atoms with Crippen molar-refractivity contribution in [2.45, 2.75) is 25.5 Å². The van der Waals surface area contributed by atoms with Crippen LogP contribution in [0, 0.1) is 0 Å². The standard InChI is InChI=1S/C15H18N2O3S/c1-15(2,3)21(18,19)17-13-9-10-16-11-14(13)20-12-7-5-4-6-8-12/h4-11H,1-3H3,(H,16,17). The molecule has 0 atom stereocenters. The van der Waals surface area contributed by atoms with Crippen LogP contribution < -0.4 is 9.46 Å². The summed E-state index contributed by atoms with van der Waals surface area (Å²) >= 11 is 0. The van der Waals surface area contributed by atoms with E-state index in [0.717, 1.165) is 0 Å². The Labute approximate surface area is 125 Å². The van der Waals surface area contributed by atoms with Crippen LogP contribution in [0.3, 0.4) is 0 Å². The molecule has 21 heavy (non-hydrogen) atoms. The Hall–Kier alpha value is -2.08. The van der Waals surface area contributed by atoms with Gasteiger partial charge in [-0.1, -0.05) is 18.2 Å². The minimum Gasteiger partial charge on any atom is -0.454 e. The summed E-state index contributed by atoms with van der Waals surface area (Å²) in [5.41, 5.74) is 0.365. The molecule has 1 heterocycles. The predicted octanol–water partition coefficient (Wildman–Crippen LogP) is 3.41. The molecule has 0 amide bonds. The molecule has 0 aliphatic rings. The number of benzene rings is 1. The highest BCUT2D eigenvalue weighted by molar-refractivity contribution is 7.94. The van der Waals surface area contributed by atoms with Crippen molar-refractivity contribution in [1.82, 2.24) is 4.98 Å². The maximum Gasteiger partial charge on any atom is 0.237 e. The third kappa shape index (κ3) is 3.72. The van der Waals surface area contributed by atoms with Gasteiger partial charge in [0.2, 0.25) is 10.0 Å². The Kier molecular flexibility index (Phi) is 4.18. The van der Waals surface area contributed by atoms with Gasteiger partial charge in [-0.15, -0.1) is 0 Å². The number of aromatic nitrogens is 1. The number of rotatable bonds is 4. The monoisotopic (exact) mass is 306 g/mol. The third-order valence-electron chi connectivity index (χ3n) is 2.81. The number of hydrogen-bond acceptors (Lipinski definition) is 4. The highest BCUT2D eigenvalue weighted by atomic mass is 32.2. The summed E-state index contributed by atoms with van der Waals surface area (Å²) in [7, 11) is -3.52. The summed E-state index contributed by atoms with van der Waals surface area (Å²) in [5.74, 6) is 0.971. The molecule has 0 bridgehead atoms. The average Bonchev–Trinajstić information content (AvgIpc) is 2.40. The summed E-state index contributed by atoms with van der Waals surface area (Å²) in [6.45, 7) is 4.90. The molecular weight excluding hydrogens is 288 g/mol. The largest absolute Gasteiger partial charge is 0.454 e. The van der Waals surface area contributed by atoms with E-state index in [1.54, 1.807) is 39.0 Å². The van der Waals surface area contributed by atoms with Crippen LogP contribution in [0.25, 0.3) is 0 Å². The molecule has 0 aliphatic heterocycles. The molecule has 112 valence electrons. The minimum absolute atomic E-state index is 0.358. The molecule has 0 aliphatic carbocycles. The number of anilines is 1. The summed E-state index contributed by atoms with van der Waals surface area (Å²) in [6.07, 6.45) is 2.99. The molecule has 0 saturated heterocycles. The van der Waals surface area contributed by atoms with Crippen molar-refractivity contribution in [1.29, 1.82) is 0 Å². The van der Waals surface area contributed by atoms with Gasteiger partial charge < -0.3 is 4.74 Å². The van der Waals surface area contributed by atoms with Gasteiger partial charge in [0.1, 0.15) is 5.75 Å².